The van der Waals surface area contributed by atoms with Gasteiger partial charge in [0.1, 0.15) is 5.75 Å². The SMILES string of the molecule is CN(CCN(CC(N)=O)Sc1cc(F)c(Oc2ccc(Cl)cc2)c(F)c1)S(=O)Cc1cc(Cl)cc(Cl)c1. The van der Waals surface area contributed by atoms with Gasteiger partial charge >= 0.3 is 0 Å². The van der Waals surface area contributed by atoms with Crippen molar-refractivity contribution in [1.29, 1.82) is 0 Å². The molecule has 198 valence electrons. The Morgan fingerprint density at radius 2 is 1.57 bits per heavy atom. The predicted molar refractivity (Wildman–Crippen MR) is 145 cm³/mol. The van der Waals surface area contributed by atoms with Gasteiger partial charge in [-0.2, -0.15) is 0 Å². The third-order valence-corrected chi connectivity index (χ3v) is 7.96. The van der Waals surface area contributed by atoms with Crippen molar-refractivity contribution in [3.63, 3.8) is 0 Å². The Bertz CT molecular complexity index is 1240. The van der Waals surface area contributed by atoms with Gasteiger partial charge in [-0.3, -0.25) is 4.79 Å². The predicted octanol–water partition coefficient (Wildman–Crippen LogP) is 6.31. The number of carbonyl (C=O) groups excluding carboxylic acids is 1. The van der Waals surface area contributed by atoms with Crippen LogP contribution in [0.4, 0.5) is 8.78 Å². The molecule has 1 atom stereocenters. The van der Waals surface area contributed by atoms with Crippen molar-refractivity contribution in [2.45, 2.75) is 10.6 Å². The van der Waals surface area contributed by atoms with E-state index in [9.17, 15) is 17.8 Å². The molecule has 0 aliphatic rings. The monoisotopic (exact) mass is 607 g/mol. The third kappa shape index (κ3) is 9.40. The van der Waals surface area contributed by atoms with Crippen molar-refractivity contribution in [2.75, 3.05) is 26.7 Å². The van der Waals surface area contributed by atoms with Crippen LogP contribution in [0.3, 0.4) is 0 Å². The molecule has 0 heterocycles. The fraction of sp³-hybridized carbons (Fsp3) is 0.208. The van der Waals surface area contributed by atoms with Gasteiger partial charge in [-0.05, 0) is 79.2 Å². The first kappa shape index (κ1) is 29.6. The highest BCUT2D eigenvalue weighted by Crippen LogP contribution is 2.33. The van der Waals surface area contributed by atoms with Gasteiger partial charge in [0.25, 0.3) is 0 Å². The van der Waals surface area contributed by atoms with Gasteiger partial charge in [0.05, 0.1) is 23.3 Å². The lowest BCUT2D eigenvalue weighted by Crippen LogP contribution is -2.35. The number of likely N-dealkylation sites (N-methyl/N-ethyl adjacent to an activating group) is 1. The molecule has 0 radical (unpaired) electrons. The lowest BCUT2D eigenvalue weighted by atomic mass is 10.2. The Balaban J connectivity index is 1.65. The molecule has 3 aromatic rings. The zero-order chi connectivity index (χ0) is 27.1. The average Bonchev–Trinajstić information content (AvgIpc) is 2.79. The Morgan fingerprint density at radius 3 is 2.14 bits per heavy atom. The highest BCUT2D eigenvalue weighted by Gasteiger charge is 2.19. The van der Waals surface area contributed by atoms with Crippen molar-refractivity contribution in [3.05, 3.63) is 86.9 Å². The van der Waals surface area contributed by atoms with E-state index in [2.05, 4.69) is 0 Å². The highest BCUT2D eigenvalue weighted by molar-refractivity contribution is 7.97. The van der Waals surface area contributed by atoms with Gasteiger partial charge in [0.15, 0.2) is 17.4 Å². The Kier molecular flexibility index (Phi) is 11.0. The summed E-state index contributed by atoms with van der Waals surface area (Å²) in [5.41, 5.74) is 6.06. The number of amides is 1. The molecule has 0 saturated heterocycles. The lowest BCUT2D eigenvalue weighted by Gasteiger charge is -2.23. The number of carbonyl (C=O) groups is 1. The molecule has 1 amide bonds. The number of hydrogen-bond donors (Lipinski definition) is 1. The van der Waals surface area contributed by atoms with Crippen molar-refractivity contribution in [1.82, 2.24) is 8.61 Å². The number of ether oxygens (including phenoxy) is 1. The third-order valence-electron chi connectivity index (χ3n) is 4.80. The first-order valence-corrected chi connectivity index (χ1v) is 13.9. The van der Waals surface area contributed by atoms with E-state index in [1.807, 2.05) is 0 Å². The molecule has 3 rings (SSSR count). The summed E-state index contributed by atoms with van der Waals surface area (Å²) in [7, 11) is 0.230. The topological polar surface area (TPSA) is 75.9 Å². The molecule has 3 aromatic carbocycles. The number of halogens is 5. The number of nitrogens with zero attached hydrogens (tertiary/aromatic N) is 2. The molecule has 6 nitrogen and oxygen atoms in total. The fourth-order valence-electron chi connectivity index (χ4n) is 3.09. The van der Waals surface area contributed by atoms with Crippen LogP contribution in [0.2, 0.25) is 15.1 Å². The second-order valence-electron chi connectivity index (χ2n) is 7.79. The minimum Gasteiger partial charge on any atom is -0.451 e. The van der Waals surface area contributed by atoms with E-state index in [1.54, 1.807) is 29.6 Å². The van der Waals surface area contributed by atoms with Gasteiger partial charge in [-0.15, -0.1) is 0 Å². The van der Waals surface area contributed by atoms with Crippen molar-refractivity contribution in [3.8, 4) is 11.5 Å². The number of nitrogens with two attached hydrogens (primary N) is 1. The van der Waals surface area contributed by atoms with E-state index in [-0.39, 0.29) is 36.0 Å². The summed E-state index contributed by atoms with van der Waals surface area (Å²) in [6.45, 7) is 0.295. The molecule has 0 saturated carbocycles. The first-order chi connectivity index (χ1) is 17.5. The van der Waals surface area contributed by atoms with Crippen LogP contribution >= 0.6 is 46.8 Å². The number of hydrogen-bond acceptors (Lipinski definition) is 5. The van der Waals surface area contributed by atoms with Gasteiger partial charge in [0.2, 0.25) is 5.91 Å². The van der Waals surface area contributed by atoms with E-state index in [4.69, 9.17) is 45.3 Å². The van der Waals surface area contributed by atoms with Crippen LogP contribution in [0.5, 0.6) is 11.5 Å². The molecular weight excluding hydrogens is 587 g/mol. The van der Waals surface area contributed by atoms with Crippen LogP contribution in [0.1, 0.15) is 5.56 Å². The van der Waals surface area contributed by atoms with Crippen LogP contribution in [0.15, 0.2) is 59.5 Å². The Hall–Kier alpha value is -1.92. The summed E-state index contributed by atoms with van der Waals surface area (Å²) >= 11 is 18.8. The Morgan fingerprint density at radius 1 is 0.973 bits per heavy atom. The number of rotatable bonds is 12. The van der Waals surface area contributed by atoms with Crippen LogP contribution in [0.25, 0.3) is 0 Å². The zero-order valence-corrected chi connectivity index (χ0v) is 23.3. The summed E-state index contributed by atoms with van der Waals surface area (Å²) in [6.07, 6.45) is 0. The minimum atomic E-state index is -1.42. The van der Waals surface area contributed by atoms with Gasteiger partial charge in [-0.1, -0.05) is 34.8 Å². The molecule has 0 fully saturated rings. The summed E-state index contributed by atoms with van der Waals surface area (Å²) in [5.74, 6) is -2.64. The van der Waals surface area contributed by atoms with Crippen molar-refractivity contribution in [2.24, 2.45) is 5.73 Å². The maximum atomic E-state index is 14.7. The number of benzene rings is 3. The van der Waals surface area contributed by atoms with Crippen LogP contribution < -0.4 is 10.5 Å². The molecule has 0 bridgehead atoms. The van der Waals surface area contributed by atoms with Crippen molar-refractivity contribution < 1.29 is 22.5 Å². The molecular formula is C24H22Cl3F2N3O3S2. The molecule has 0 aliphatic heterocycles. The standard InChI is InChI=1S/C24H22Cl3F2N3O3S2/c1-31(37(34)14-15-8-17(26)10-18(27)9-15)6-7-32(13-23(30)33)36-20-11-21(28)24(22(29)12-20)35-19-4-2-16(25)3-5-19/h2-5,8-12H,6-7,13-14H2,1H3,(H2,30,33). The fourth-order valence-corrected chi connectivity index (χ4v) is 5.72. The van der Waals surface area contributed by atoms with Gasteiger partial charge in [0, 0.05) is 33.1 Å². The molecule has 1 unspecified atom stereocenters. The van der Waals surface area contributed by atoms with Crippen LogP contribution in [0, 0.1) is 11.6 Å². The van der Waals surface area contributed by atoms with E-state index >= 15 is 0 Å². The van der Waals surface area contributed by atoms with Crippen molar-refractivity contribution >= 4 is 63.6 Å². The first-order valence-electron chi connectivity index (χ1n) is 10.7. The normalized spacial score (nSPS) is 12.2. The minimum absolute atomic E-state index is 0.186. The maximum Gasteiger partial charge on any atom is 0.232 e. The van der Waals surface area contributed by atoms with Gasteiger partial charge < -0.3 is 10.5 Å². The lowest BCUT2D eigenvalue weighted by molar-refractivity contribution is -0.118. The van der Waals surface area contributed by atoms with E-state index in [0.717, 1.165) is 24.1 Å². The van der Waals surface area contributed by atoms with E-state index < -0.39 is 34.3 Å². The average molecular weight is 609 g/mol. The van der Waals surface area contributed by atoms with Gasteiger partial charge in [-0.25, -0.2) is 21.6 Å². The largest absolute Gasteiger partial charge is 0.451 e. The molecule has 0 aliphatic carbocycles. The second-order valence-corrected chi connectivity index (χ2v) is 11.8. The Labute approximate surface area is 235 Å². The molecule has 13 heteroatoms. The summed E-state index contributed by atoms with van der Waals surface area (Å²) in [4.78, 5) is 11.8. The zero-order valence-electron chi connectivity index (χ0n) is 19.4. The van der Waals surface area contributed by atoms with E-state index in [1.165, 1.54) is 28.6 Å². The van der Waals surface area contributed by atoms with Crippen LogP contribution in [-0.2, 0) is 21.5 Å². The maximum absolute atomic E-state index is 14.7. The molecule has 0 aromatic heterocycles. The number of primary amides is 1. The summed E-state index contributed by atoms with van der Waals surface area (Å²) in [6, 6.07) is 13.2. The summed E-state index contributed by atoms with van der Waals surface area (Å²) in [5, 5.41) is 1.34. The van der Waals surface area contributed by atoms with Crippen LogP contribution in [-0.4, -0.2) is 45.4 Å². The second kappa shape index (κ2) is 13.7. The quantitative estimate of drug-likeness (QED) is 0.244. The molecule has 0 spiro atoms. The summed E-state index contributed by atoms with van der Waals surface area (Å²) < 4.78 is 50.5. The van der Waals surface area contributed by atoms with E-state index in [0.29, 0.717) is 20.6 Å². The highest BCUT2D eigenvalue weighted by atomic mass is 35.5. The smallest absolute Gasteiger partial charge is 0.232 e. The molecule has 37 heavy (non-hydrogen) atoms. The molecule has 2 N–H and O–H groups in total.